The first-order valence-corrected chi connectivity index (χ1v) is 7.48. The maximum atomic E-state index is 12.0. The highest BCUT2D eigenvalue weighted by molar-refractivity contribution is 7.89. The van der Waals surface area contributed by atoms with Crippen molar-refractivity contribution in [2.24, 2.45) is 0 Å². The fraction of sp³-hybridized carbons (Fsp3) is 0.417. The average molecular weight is 285 g/mol. The van der Waals surface area contributed by atoms with Crippen molar-refractivity contribution in [2.75, 3.05) is 18.8 Å². The van der Waals surface area contributed by atoms with E-state index in [1.807, 2.05) is 6.92 Å². The topological polar surface area (TPSA) is 101 Å². The number of nitrogens with one attached hydrogen (secondary N) is 2. The van der Waals surface area contributed by atoms with Crippen LogP contribution >= 0.6 is 0 Å². The van der Waals surface area contributed by atoms with Crippen LogP contribution in [0.4, 0.5) is 5.69 Å². The van der Waals surface area contributed by atoms with Crippen molar-refractivity contribution in [2.45, 2.75) is 25.2 Å². The molecule has 0 bridgehead atoms. The molecule has 0 radical (unpaired) electrons. The number of nitrogen functional groups attached to an aromatic ring is 1. The number of carbonyl (C=O) groups is 1. The van der Waals surface area contributed by atoms with Gasteiger partial charge in [0.2, 0.25) is 15.9 Å². The summed E-state index contributed by atoms with van der Waals surface area (Å²) in [5.74, 6) is -0.355. The highest BCUT2D eigenvalue weighted by Crippen LogP contribution is 2.19. The van der Waals surface area contributed by atoms with Crippen molar-refractivity contribution in [3.63, 3.8) is 0 Å². The number of amides is 1. The molecule has 0 atom stereocenters. The second-order valence-electron chi connectivity index (χ2n) is 4.14. The van der Waals surface area contributed by atoms with E-state index in [0.717, 1.165) is 6.42 Å². The van der Waals surface area contributed by atoms with Gasteiger partial charge in [0, 0.05) is 12.2 Å². The molecule has 0 saturated carbocycles. The number of hydrogen-bond acceptors (Lipinski definition) is 4. The highest BCUT2D eigenvalue weighted by Gasteiger charge is 2.18. The Kier molecular flexibility index (Phi) is 5.31. The molecule has 0 heterocycles. The molecule has 4 N–H and O–H groups in total. The summed E-state index contributed by atoms with van der Waals surface area (Å²) in [4.78, 5) is 11.5. The molecular formula is C12H19N3O3S. The van der Waals surface area contributed by atoms with Crippen LogP contribution in [0.1, 0.15) is 18.9 Å². The third kappa shape index (κ3) is 4.22. The van der Waals surface area contributed by atoms with Crippen LogP contribution in [0.15, 0.2) is 23.1 Å². The van der Waals surface area contributed by atoms with Gasteiger partial charge in [-0.15, -0.1) is 0 Å². The SMILES string of the molecule is CCCNC(=O)CNS(=O)(=O)c1cccc(N)c1C. The fourth-order valence-corrected chi connectivity index (χ4v) is 2.74. The smallest absolute Gasteiger partial charge is 0.241 e. The Morgan fingerprint density at radius 2 is 2.05 bits per heavy atom. The third-order valence-electron chi connectivity index (χ3n) is 2.61. The molecule has 0 aromatic heterocycles. The summed E-state index contributed by atoms with van der Waals surface area (Å²) in [6, 6.07) is 4.65. The van der Waals surface area contributed by atoms with Gasteiger partial charge in [-0.3, -0.25) is 4.79 Å². The standard InChI is InChI=1S/C12H19N3O3S/c1-3-7-14-12(16)8-15-19(17,18)11-6-4-5-10(13)9(11)2/h4-6,15H,3,7-8,13H2,1-2H3,(H,14,16). The molecule has 1 amide bonds. The summed E-state index contributed by atoms with van der Waals surface area (Å²) in [6.45, 7) is 3.79. The van der Waals surface area contributed by atoms with E-state index in [-0.39, 0.29) is 17.3 Å². The van der Waals surface area contributed by atoms with Gasteiger partial charge < -0.3 is 11.1 Å². The monoisotopic (exact) mass is 285 g/mol. The van der Waals surface area contributed by atoms with Crippen LogP contribution in [0.25, 0.3) is 0 Å². The zero-order valence-electron chi connectivity index (χ0n) is 11.1. The summed E-state index contributed by atoms with van der Waals surface area (Å²) in [5, 5.41) is 2.59. The number of nitrogens with two attached hydrogens (primary N) is 1. The van der Waals surface area contributed by atoms with Crippen LogP contribution in [0.2, 0.25) is 0 Å². The fourth-order valence-electron chi connectivity index (χ4n) is 1.49. The van der Waals surface area contributed by atoms with E-state index in [4.69, 9.17) is 5.73 Å². The number of carbonyl (C=O) groups excluding carboxylic acids is 1. The van der Waals surface area contributed by atoms with E-state index in [9.17, 15) is 13.2 Å². The van der Waals surface area contributed by atoms with Gasteiger partial charge in [0.1, 0.15) is 0 Å². The first kappa shape index (κ1) is 15.5. The number of hydrogen-bond donors (Lipinski definition) is 3. The van der Waals surface area contributed by atoms with Gasteiger partial charge in [-0.25, -0.2) is 13.1 Å². The third-order valence-corrected chi connectivity index (χ3v) is 4.16. The Labute approximate surface area is 113 Å². The van der Waals surface area contributed by atoms with Crippen molar-refractivity contribution in [3.8, 4) is 0 Å². The molecule has 6 nitrogen and oxygen atoms in total. The molecule has 0 aliphatic carbocycles. The summed E-state index contributed by atoms with van der Waals surface area (Å²) < 4.78 is 26.3. The second-order valence-corrected chi connectivity index (χ2v) is 5.88. The molecule has 0 unspecified atom stereocenters. The minimum Gasteiger partial charge on any atom is -0.398 e. The van der Waals surface area contributed by atoms with Gasteiger partial charge in [0.25, 0.3) is 0 Å². The van der Waals surface area contributed by atoms with E-state index < -0.39 is 10.0 Å². The molecule has 1 aromatic rings. The average Bonchev–Trinajstić information content (AvgIpc) is 2.37. The Balaban J connectivity index is 2.77. The second kappa shape index (κ2) is 6.53. The lowest BCUT2D eigenvalue weighted by molar-refractivity contribution is -0.119. The summed E-state index contributed by atoms with van der Waals surface area (Å²) >= 11 is 0. The van der Waals surface area contributed by atoms with Crippen molar-refractivity contribution in [1.82, 2.24) is 10.0 Å². The molecule has 0 spiro atoms. The Hall–Kier alpha value is -1.60. The molecule has 1 rings (SSSR count). The van der Waals surface area contributed by atoms with Crippen molar-refractivity contribution in [1.29, 1.82) is 0 Å². The molecule has 0 saturated heterocycles. The molecule has 0 aliphatic rings. The van der Waals surface area contributed by atoms with E-state index in [2.05, 4.69) is 10.0 Å². The largest absolute Gasteiger partial charge is 0.398 e. The molecular weight excluding hydrogens is 266 g/mol. The molecule has 1 aromatic carbocycles. The van der Waals surface area contributed by atoms with Crippen molar-refractivity contribution >= 4 is 21.6 Å². The van der Waals surface area contributed by atoms with E-state index in [1.165, 1.54) is 6.07 Å². The van der Waals surface area contributed by atoms with Crippen LogP contribution in [-0.2, 0) is 14.8 Å². The van der Waals surface area contributed by atoms with Gasteiger partial charge >= 0.3 is 0 Å². The van der Waals surface area contributed by atoms with Crippen LogP contribution < -0.4 is 15.8 Å². The highest BCUT2D eigenvalue weighted by atomic mass is 32.2. The maximum Gasteiger partial charge on any atom is 0.241 e. The van der Waals surface area contributed by atoms with Gasteiger partial charge in [0.05, 0.1) is 11.4 Å². The van der Waals surface area contributed by atoms with Gasteiger partial charge in [0.15, 0.2) is 0 Å². The minimum absolute atomic E-state index is 0.0933. The van der Waals surface area contributed by atoms with Crippen LogP contribution in [0.3, 0.4) is 0 Å². The zero-order valence-corrected chi connectivity index (χ0v) is 11.9. The Morgan fingerprint density at radius 1 is 1.37 bits per heavy atom. The predicted molar refractivity (Wildman–Crippen MR) is 74.1 cm³/mol. The minimum atomic E-state index is -3.72. The van der Waals surface area contributed by atoms with E-state index in [1.54, 1.807) is 19.1 Å². The quantitative estimate of drug-likeness (QED) is 0.658. The number of anilines is 1. The Bertz CT molecular complexity index is 555. The van der Waals surface area contributed by atoms with Gasteiger partial charge in [-0.2, -0.15) is 0 Å². The molecule has 106 valence electrons. The predicted octanol–water partition coefficient (Wildman–Crippen LogP) is 0.382. The Morgan fingerprint density at radius 3 is 2.68 bits per heavy atom. The number of rotatable bonds is 6. The summed E-state index contributed by atoms with van der Waals surface area (Å²) in [5.41, 5.74) is 6.54. The van der Waals surface area contributed by atoms with Crippen LogP contribution in [-0.4, -0.2) is 27.4 Å². The maximum absolute atomic E-state index is 12.0. The summed E-state index contributed by atoms with van der Waals surface area (Å²) in [6.07, 6.45) is 0.798. The first-order chi connectivity index (χ1) is 8.88. The molecule has 0 aliphatic heterocycles. The first-order valence-electron chi connectivity index (χ1n) is 6.00. The van der Waals surface area contributed by atoms with Crippen LogP contribution in [0, 0.1) is 6.92 Å². The number of benzene rings is 1. The lowest BCUT2D eigenvalue weighted by atomic mass is 10.2. The van der Waals surface area contributed by atoms with Gasteiger partial charge in [-0.1, -0.05) is 13.0 Å². The lowest BCUT2D eigenvalue weighted by Gasteiger charge is -2.10. The van der Waals surface area contributed by atoms with Gasteiger partial charge in [-0.05, 0) is 31.0 Å². The van der Waals surface area contributed by atoms with E-state index >= 15 is 0 Å². The summed E-state index contributed by atoms with van der Waals surface area (Å²) in [7, 11) is -3.72. The molecule has 0 fully saturated rings. The van der Waals surface area contributed by atoms with Crippen molar-refractivity contribution in [3.05, 3.63) is 23.8 Å². The molecule has 7 heteroatoms. The zero-order chi connectivity index (χ0) is 14.5. The number of sulfonamides is 1. The lowest BCUT2D eigenvalue weighted by Crippen LogP contribution is -2.37. The normalized spacial score (nSPS) is 11.3. The molecule has 19 heavy (non-hydrogen) atoms. The van der Waals surface area contributed by atoms with E-state index in [0.29, 0.717) is 17.8 Å². The van der Waals surface area contributed by atoms with Crippen molar-refractivity contribution < 1.29 is 13.2 Å². The van der Waals surface area contributed by atoms with Crippen LogP contribution in [0.5, 0.6) is 0 Å².